The molecule has 2 atom stereocenters. The smallest absolute Gasteiger partial charge is 0.394 e. The molecule has 0 spiro atoms. The van der Waals surface area contributed by atoms with E-state index in [2.05, 4.69) is 42.7 Å². The average molecular weight is 688 g/mol. The van der Waals surface area contributed by atoms with Gasteiger partial charge in [-0.15, -0.1) is 0 Å². The first-order chi connectivity index (χ1) is 22.8. The number of phosphoric acid groups is 1. The van der Waals surface area contributed by atoms with Crippen molar-refractivity contribution in [3.8, 4) is 0 Å². The summed E-state index contributed by atoms with van der Waals surface area (Å²) < 4.78 is 21.7. The highest BCUT2D eigenvalue weighted by Crippen LogP contribution is 2.43. The van der Waals surface area contributed by atoms with Crippen LogP contribution in [0.4, 0.5) is 0 Å². The molecule has 0 rings (SSSR count). The van der Waals surface area contributed by atoms with Crippen molar-refractivity contribution in [2.45, 2.75) is 174 Å². The van der Waals surface area contributed by atoms with Gasteiger partial charge >= 0.3 is 7.82 Å². The summed E-state index contributed by atoms with van der Waals surface area (Å²) in [4.78, 5) is 37.1. The van der Waals surface area contributed by atoms with Crippen molar-refractivity contribution in [1.82, 2.24) is 4.90 Å². The van der Waals surface area contributed by atoms with E-state index in [1.54, 1.807) is 0 Å². The standard InChI is InChI=1S/C37H70NO8P/c1-3-5-7-9-11-13-15-17-19-21-23-25-27-29-36(41)38(31-32-45-47(43,44)46-34-35(40)33-39)37(42)30-28-26-24-22-20-18-16-14-12-10-8-6-4-2/h13-16,35,39-40H,3-12,17-34H2,1-2H3,(H,43,44)/b15-13-,16-14-/t35-/m1/s1. The number of hydrogen-bond donors (Lipinski definition) is 3. The van der Waals surface area contributed by atoms with Gasteiger partial charge < -0.3 is 15.1 Å². The van der Waals surface area contributed by atoms with Crippen LogP contribution in [0.5, 0.6) is 0 Å². The molecule has 0 aromatic rings. The van der Waals surface area contributed by atoms with E-state index >= 15 is 0 Å². The summed E-state index contributed by atoms with van der Waals surface area (Å²) >= 11 is 0. The topological polar surface area (TPSA) is 134 Å². The van der Waals surface area contributed by atoms with Gasteiger partial charge in [-0.2, -0.15) is 0 Å². The third-order valence-corrected chi connectivity index (χ3v) is 9.10. The number of hydrogen-bond acceptors (Lipinski definition) is 7. The number of aliphatic hydroxyl groups is 2. The summed E-state index contributed by atoms with van der Waals surface area (Å²) in [6.07, 6.45) is 32.8. The number of amides is 2. The van der Waals surface area contributed by atoms with Crippen LogP contribution < -0.4 is 0 Å². The number of rotatable bonds is 34. The van der Waals surface area contributed by atoms with Gasteiger partial charge in [0.1, 0.15) is 6.10 Å². The molecule has 0 aromatic carbocycles. The van der Waals surface area contributed by atoms with Crippen LogP contribution >= 0.6 is 7.82 Å². The second kappa shape index (κ2) is 33.2. The fourth-order valence-electron chi connectivity index (χ4n) is 5.16. The lowest BCUT2D eigenvalue weighted by Crippen LogP contribution is -2.39. The maximum atomic E-state index is 13.0. The molecule has 10 heteroatoms. The summed E-state index contributed by atoms with van der Waals surface area (Å²) in [5.74, 6) is -0.592. The lowest BCUT2D eigenvalue weighted by atomic mass is 10.1. The largest absolute Gasteiger partial charge is 0.472 e. The number of unbranched alkanes of at least 4 members (excludes halogenated alkanes) is 18. The van der Waals surface area contributed by atoms with Gasteiger partial charge in [0.15, 0.2) is 0 Å². The molecule has 0 saturated heterocycles. The van der Waals surface area contributed by atoms with Crippen molar-refractivity contribution in [2.75, 3.05) is 26.4 Å². The van der Waals surface area contributed by atoms with E-state index in [1.165, 1.54) is 51.4 Å². The zero-order valence-corrected chi connectivity index (χ0v) is 30.9. The van der Waals surface area contributed by atoms with Crippen LogP contribution in [0, 0.1) is 0 Å². The Morgan fingerprint density at radius 1 is 0.638 bits per heavy atom. The molecule has 0 aliphatic carbocycles. The molecular formula is C37H70NO8P. The normalized spacial score (nSPS) is 13.8. The highest BCUT2D eigenvalue weighted by atomic mass is 31.2. The van der Waals surface area contributed by atoms with Crippen LogP contribution in [0.2, 0.25) is 0 Å². The van der Waals surface area contributed by atoms with E-state index in [-0.39, 0.29) is 37.8 Å². The predicted molar refractivity (Wildman–Crippen MR) is 192 cm³/mol. The highest BCUT2D eigenvalue weighted by Gasteiger charge is 2.25. The number of nitrogens with zero attached hydrogens (tertiary/aromatic N) is 1. The van der Waals surface area contributed by atoms with Crippen LogP contribution in [-0.2, 0) is 23.2 Å². The van der Waals surface area contributed by atoms with Crippen molar-refractivity contribution < 1.29 is 38.3 Å². The summed E-state index contributed by atoms with van der Waals surface area (Å²) in [6.45, 7) is 2.74. The van der Waals surface area contributed by atoms with Gasteiger partial charge in [-0.1, -0.05) is 115 Å². The SMILES string of the molecule is CCCCCC/C=C\CCCCCCCC(=O)N(CCOP(=O)(O)OC[C@H](O)CO)C(=O)CCCCCCC/C=C\CCCCCC. The fraction of sp³-hybridized carbons (Fsp3) is 0.838. The molecule has 0 fully saturated rings. The number of carbonyl (C=O) groups is 2. The Bertz CT molecular complexity index is 802. The predicted octanol–water partition coefficient (Wildman–Crippen LogP) is 9.34. The molecule has 0 aromatic heterocycles. The van der Waals surface area contributed by atoms with Crippen molar-refractivity contribution in [1.29, 1.82) is 0 Å². The van der Waals surface area contributed by atoms with Gasteiger partial charge in [0.2, 0.25) is 11.8 Å². The number of carbonyl (C=O) groups excluding carboxylic acids is 2. The summed E-state index contributed by atoms with van der Waals surface area (Å²) in [7, 11) is -4.51. The Labute approximate surface area is 287 Å². The number of aliphatic hydroxyl groups excluding tert-OH is 2. The molecule has 0 heterocycles. The lowest BCUT2D eigenvalue weighted by Gasteiger charge is -2.22. The maximum absolute atomic E-state index is 13.0. The van der Waals surface area contributed by atoms with Crippen LogP contribution in [0.3, 0.4) is 0 Å². The van der Waals surface area contributed by atoms with Crippen LogP contribution in [0.1, 0.15) is 168 Å². The monoisotopic (exact) mass is 687 g/mol. The molecule has 0 aliphatic rings. The summed E-state index contributed by atoms with van der Waals surface area (Å²) in [6, 6.07) is 0. The molecule has 9 nitrogen and oxygen atoms in total. The number of phosphoric ester groups is 1. The first kappa shape index (κ1) is 45.6. The second-order valence-electron chi connectivity index (χ2n) is 12.6. The fourth-order valence-corrected chi connectivity index (χ4v) is 5.91. The van der Waals surface area contributed by atoms with Gasteiger partial charge in [-0.05, 0) is 64.2 Å². The zero-order valence-electron chi connectivity index (χ0n) is 30.0. The Kier molecular flexibility index (Phi) is 32.2. The average Bonchev–Trinajstić information content (AvgIpc) is 3.06. The van der Waals surface area contributed by atoms with Crippen molar-refractivity contribution in [3.63, 3.8) is 0 Å². The Morgan fingerprint density at radius 3 is 1.43 bits per heavy atom. The van der Waals surface area contributed by atoms with Crippen LogP contribution in [-0.4, -0.2) is 64.3 Å². The third kappa shape index (κ3) is 30.4. The van der Waals surface area contributed by atoms with E-state index in [1.807, 2.05) is 0 Å². The van der Waals surface area contributed by atoms with Crippen LogP contribution in [0.25, 0.3) is 0 Å². The van der Waals surface area contributed by atoms with E-state index < -0.39 is 27.1 Å². The first-order valence-electron chi connectivity index (χ1n) is 18.8. The maximum Gasteiger partial charge on any atom is 0.472 e. The molecule has 0 saturated carbocycles. The molecule has 0 radical (unpaired) electrons. The summed E-state index contributed by atoms with van der Waals surface area (Å²) in [5, 5.41) is 18.2. The lowest BCUT2D eigenvalue weighted by molar-refractivity contribution is -0.145. The van der Waals surface area contributed by atoms with Gasteiger partial charge in [-0.25, -0.2) is 4.57 Å². The van der Waals surface area contributed by atoms with E-state index in [0.717, 1.165) is 81.9 Å². The van der Waals surface area contributed by atoms with Gasteiger partial charge in [0.25, 0.3) is 0 Å². The molecule has 276 valence electrons. The minimum absolute atomic E-state index is 0.149. The Morgan fingerprint density at radius 2 is 1.02 bits per heavy atom. The molecule has 1 unspecified atom stereocenters. The molecule has 0 aliphatic heterocycles. The molecule has 3 N–H and O–H groups in total. The molecule has 2 amide bonds. The zero-order chi connectivity index (χ0) is 34.9. The van der Waals surface area contributed by atoms with Gasteiger partial charge in [0.05, 0.1) is 26.4 Å². The first-order valence-corrected chi connectivity index (χ1v) is 20.3. The second-order valence-corrected chi connectivity index (χ2v) is 14.1. The van der Waals surface area contributed by atoms with Crippen molar-refractivity contribution >= 4 is 19.6 Å². The quantitative estimate of drug-likeness (QED) is 0.0346. The van der Waals surface area contributed by atoms with E-state index in [0.29, 0.717) is 12.8 Å². The molecule has 47 heavy (non-hydrogen) atoms. The van der Waals surface area contributed by atoms with Gasteiger partial charge in [0, 0.05) is 12.8 Å². The highest BCUT2D eigenvalue weighted by molar-refractivity contribution is 7.47. The van der Waals surface area contributed by atoms with Crippen molar-refractivity contribution in [3.05, 3.63) is 24.3 Å². The third-order valence-electron chi connectivity index (χ3n) is 8.12. The van der Waals surface area contributed by atoms with Crippen LogP contribution in [0.15, 0.2) is 24.3 Å². The summed E-state index contributed by atoms with van der Waals surface area (Å²) in [5.41, 5.74) is 0. The Balaban J connectivity index is 4.50. The molecular weight excluding hydrogens is 617 g/mol. The molecule has 0 bridgehead atoms. The minimum atomic E-state index is -4.51. The van der Waals surface area contributed by atoms with E-state index in [4.69, 9.17) is 9.63 Å². The van der Waals surface area contributed by atoms with E-state index in [9.17, 15) is 24.2 Å². The van der Waals surface area contributed by atoms with Gasteiger partial charge in [-0.3, -0.25) is 23.5 Å². The number of imide groups is 1. The number of allylic oxidation sites excluding steroid dienone is 4. The minimum Gasteiger partial charge on any atom is -0.394 e. The van der Waals surface area contributed by atoms with Crippen molar-refractivity contribution in [2.24, 2.45) is 0 Å². The Hall–Kier alpha value is -1.35.